The average Bonchev–Trinajstić information content (AvgIpc) is 2.98. The van der Waals surface area contributed by atoms with Crippen LogP contribution in [0.4, 0.5) is 10.6 Å². The number of piperidine rings is 1. The highest BCUT2D eigenvalue weighted by Crippen LogP contribution is 2.29. The van der Waals surface area contributed by atoms with E-state index < -0.39 is 11.6 Å². The Morgan fingerprint density at radius 2 is 2.19 bits per heavy atom. The molecule has 1 amide bonds. The molecule has 0 bridgehead atoms. The molecule has 4 rings (SSSR count). The van der Waals surface area contributed by atoms with Gasteiger partial charge in [0.05, 0.1) is 6.20 Å². The van der Waals surface area contributed by atoms with Crippen molar-refractivity contribution in [2.24, 2.45) is 0 Å². The van der Waals surface area contributed by atoms with E-state index in [1.165, 1.54) is 0 Å². The molecular weight excluding hydrogens is 463 g/mol. The number of amides is 1. The van der Waals surface area contributed by atoms with E-state index >= 15 is 0 Å². The van der Waals surface area contributed by atoms with Crippen LogP contribution in [0.1, 0.15) is 45.3 Å². The van der Waals surface area contributed by atoms with E-state index in [1.54, 1.807) is 6.20 Å². The zero-order valence-corrected chi connectivity index (χ0v) is 17.3. The van der Waals surface area contributed by atoms with Gasteiger partial charge in [0, 0.05) is 25.2 Å². The Bertz CT molecular complexity index is 843. The van der Waals surface area contributed by atoms with Crippen molar-refractivity contribution in [1.82, 2.24) is 25.1 Å². The maximum atomic E-state index is 11.0. The summed E-state index contributed by atoms with van der Waals surface area (Å²) in [6.07, 6.45) is 5.31. The number of aromatic nitrogens is 4. The fourth-order valence-electron chi connectivity index (χ4n) is 3.75. The lowest BCUT2D eigenvalue weighted by atomic mass is 9.90. The molecule has 2 N–H and O–H groups in total. The maximum absolute atomic E-state index is 11.0. The van der Waals surface area contributed by atoms with Crippen molar-refractivity contribution in [2.45, 2.75) is 50.8 Å². The fraction of sp³-hybridized carbons (Fsp3) is 0.647. The van der Waals surface area contributed by atoms with E-state index in [4.69, 9.17) is 14.8 Å². The second-order valence-electron chi connectivity index (χ2n) is 7.43. The molecule has 2 aromatic heterocycles. The molecule has 9 nitrogen and oxygen atoms in total. The highest BCUT2D eigenvalue weighted by atomic mass is 127. The number of carbonyl (C=O) groups is 1. The zero-order chi connectivity index (χ0) is 19.0. The second kappa shape index (κ2) is 7.38. The van der Waals surface area contributed by atoms with Gasteiger partial charge in [0.2, 0.25) is 0 Å². The van der Waals surface area contributed by atoms with E-state index in [9.17, 15) is 4.79 Å². The Labute approximate surface area is 170 Å². The van der Waals surface area contributed by atoms with E-state index in [-0.39, 0.29) is 6.23 Å². The SMILES string of the molecule is CC1(NC(=O)O)CCN(c2cnc3c(I)nn(C4CCCCO4)c3n2)CC1. The van der Waals surface area contributed by atoms with Gasteiger partial charge < -0.3 is 20.1 Å². The van der Waals surface area contributed by atoms with Crippen molar-refractivity contribution >= 4 is 45.7 Å². The molecule has 0 aromatic carbocycles. The van der Waals surface area contributed by atoms with Crippen molar-refractivity contribution in [3.63, 3.8) is 0 Å². The number of hydrogen-bond donors (Lipinski definition) is 2. The molecule has 0 saturated carbocycles. The molecule has 146 valence electrons. The van der Waals surface area contributed by atoms with Crippen LogP contribution in [-0.2, 0) is 4.74 Å². The van der Waals surface area contributed by atoms with E-state index in [1.807, 2.05) is 11.6 Å². The third kappa shape index (κ3) is 3.82. The summed E-state index contributed by atoms with van der Waals surface area (Å²) in [5.41, 5.74) is 1.15. The molecule has 10 heteroatoms. The predicted octanol–water partition coefficient (Wildman–Crippen LogP) is 2.76. The molecule has 4 heterocycles. The topological polar surface area (TPSA) is 105 Å². The summed E-state index contributed by atoms with van der Waals surface area (Å²) in [4.78, 5) is 22.6. The molecule has 1 unspecified atom stereocenters. The third-order valence-electron chi connectivity index (χ3n) is 5.38. The first-order valence-electron chi connectivity index (χ1n) is 9.24. The summed E-state index contributed by atoms with van der Waals surface area (Å²) < 4.78 is 8.58. The predicted molar refractivity (Wildman–Crippen MR) is 108 cm³/mol. The van der Waals surface area contributed by atoms with Crippen LogP contribution in [-0.4, -0.2) is 56.2 Å². The van der Waals surface area contributed by atoms with Gasteiger partial charge in [-0.1, -0.05) is 0 Å². The van der Waals surface area contributed by atoms with Crippen LogP contribution in [0.3, 0.4) is 0 Å². The molecule has 0 aliphatic carbocycles. The standard InChI is InChI=1S/C17H23IN6O3/c1-17(21-16(25)26)5-7-23(8-6-17)11-10-19-13-14(18)22-24(15(13)20-11)12-4-2-3-9-27-12/h10,12,21H,2-9H2,1H3,(H,25,26). The third-order valence-corrected chi connectivity index (χ3v) is 6.10. The summed E-state index contributed by atoms with van der Waals surface area (Å²) in [5, 5.41) is 16.3. The van der Waals surface area contributed by atoms with Crippen LogP contribution in [0, 0.1) is 3.70 Å². The summed E-state index contributed by atoms with van der Waals surface area (Å²) in [6, 6.07) is 0. The average molecular weight is 486 g/mol. The van der Waals surface area contributed by atoms with Crippen LogP contribution in [0.2, 0.25) is 0 Å². The lowest BCUT2D eigenvalue weighted by molar-refractivity contribution is -0.0372. The van der Waals surface area contributed by atoms with Gasteiger partial charge in [-0.2, -0.15) is 5.10 Å². The lowest BCUT2D eigenvalue weighted by Crippen LogP contribution is -2.53. The minimum atomic E-state index is -0.974. The van der Waals surface area contributed by atoms with Gasteiger partial charge in [-0.3, -0.25) is 0 Å². The smallest absolute Gasteiger partial charge is 0.405 e. The van der Waals surface area contributed by atoms with Crippen LogP contribution < -0.4 is 10.2 Å². The number of ether oxygens (including phenoxy) is 1. The van der Waals surface area contributed by atoms with Crippen molar-refractivity contribution in [2.75, 3.05) is 24.6 Å². The van der Waals surface area contributed by atoms with Crippen LogP contribution in [0.25, 0.3) is 11.2 Å². The fourth-order valence-corrected chi connectivity index (χ4v) is 4.36. The van der Waals surface area contributed by atoms with E-state index in [2.05, 4.69) is 42.9 Å². The minimum Gasteiger partial charge on any atom is -0.465 e. The molecule has 27 heavy (non-hydrogen) atoms. The van der Waals surface area contributed by atoms with Crippen LogP contribution in [0.5, 0.6) is 0 Å². The van der Waals surface area contributed by atoms with Crippen LogP contribution in [0.15, 0.2) is 6.20 Å². The van der Waals surface area contributed by atoms with Gasteiger partial charge in [-0.15, -0.1) is 0 Å². The number of nitrogens with zero attached hydrogens (tertiary/aromatic N) is 5. The number of fused-ring (bicyclic) bond motifs is 1. The van der Waals surface area contributed by atoms with Gasteiger partial charge in [0.1, 0.15) is 11.3 Å². The summed E-state index contributed by atoms with van der Waals surface area (Å²) in [5.74, 6) is 0.799. The summed E-state index contributed by atoms with van der Waals surface area (Å²) >= 11 is 2.19. The van der Waals surface area contributed by atoms with Crippen molar-refractivity contribution in [3.8, 4) is 0 Å². The summed E-state index contributed by atoms with van der Waals surface area (Å²) in [7, 11) is 0. The number of anilines is 1. The zero-order valence-electron chi connectivity index (χ0n) is 15.2. The number of nitrogens with one attached hydrogen (secondary N) is 1. The molecule has 2 saturated heterocycles. The molecule has 2 aliphatic heterocycles. The molecule has 2 aliphatic rings. The van der Waals surface area contributed by atoms with Crippen molar-refractivity contribution in [3.05, 3.63) is 9.90 Å². The Hall–Kier alpha value is -1.69. The normalized spacial score (nSPS) is 22.7. The second-order valence-corrected chi connectivity index (χ2v) is 8.46. The molecule has 2 fully saturated rings. The van der Waals surface area contributed by atoms with Gasteiger partial charge in [-0.25, -0.2) is 19.4 Å². The van der Waals surface area contributed by atoms with E-state index in [0.29, 0.717) is 0 Å². The number of rotatable bonds is 3. The molecule has 2 aromatic rings. The van der Waals surface area contributed by atoms with Gasteiger partial charge >= 0.3 is 6.09 Å². The Balaban J connectivity index is 1.57. The number of carboxylic acid groups (broad SMARTS) is 1. The van der Waals surface area contributed by atoms with Gasteiger partial charge in [0.25, 0.3) is 0 Å². The first kappa shape index (κ1) is 18.7. The highest BCUT2D eigenvalue weighted by Gasteiger charge is 2.32. The molecular formula is C17H23IN6O3. The van der Waals surface area contributed by atoms with Gasteiger partial charge in [-0.05, 0) is 61.6 Å². The van der Waals surface area contributed by atoms with Gasteiger partial charge in [0.15, 0.2) is 15.6 Å². The van der Waals surface area contributed by atoms with E-state index in [0.717, 1.165) is 72.5 Å². The molecule has 1 atom stereocenters. The monoisotopic (exact) mass is 486 g/mol. The Morgan fingerprint density at radius 1 is 1.41 bits per heavy atom. The Kier molecular flexibility index (Phi) is 5.10. The van der Waals surface area contributed by atoms with Crippen LogP contribution >= 0.6 is 22.6 Å². The quantitative estimate of drug-likeness (QED) is 0.643. The summed E-state index contributed by atoms with van der Waals surface area (Å²) in [6.45, 7) is 4.15. The molecule has 0 spiro atoms. The van der Waals surface area contributed by atoms with Crippen molar-refractivity contribution < 1.29 is 14.6 Å². The lowest BCUT2D eigenvalue weighted by Gasteiger charge is -2.39. The molecule has 0 radical (unpaired) electrons. The first-order valence-corrected chi connectivity index (χ1v) is 10.3. The number of halogens is 1. The largest absolute Gasteiger partial charge is 0.465 e. The first-order chi connectivity index (χ1) is 13.0. The Morgan fingerprint density at radius 3 is 2.85 bits per heavy atom. The number of hydrogen-bond acceptors (Lipinski definition) is 6. The minimum absolute atomic E-state index is 0.0845. The maximum Gasteiger partial charge on any atom is 0.405 e. The highest BCUT2D eigenvalue weighted by molar-refractivity contribution is 14.1. The van der Waals surface area contributed by atoms with Crippen molar-refractivity contribution in [1.29, 1.82) is 0 Å².